The number of aromatic nitrogens is 2. The fourth-order valence-electron chi connectivity index (χ4n) is 2.15. The van der Waals surface area contributed by atoms with E-state index in [1.165, 1.54) is 6.07 Å². The van der Waals surface area contributed by atoms with Gasteiger partial charge in [-0.1, -0.05) is 18.2 Å². The van der Waals surface area contributed by atoms with Crippen molar-refractivity contribution in [2.75, 3.05) is 5.75 Å². The largest absolute Gasteiger partial charge is 0.398 e. The molecule has 7 heteroatoms. The van der Waals surface area contributed by atoms with Crippen molar-refractivity contribution in [3.05, 3.63) is 42.2 Å². The number of halogens is 3. The minimum absolute atomic E-state index is 0.0929. The van der Waals surface area contributed by atoms with Gasteiger partial charge < -0.3 is 0 Å². The van der Waals surface area contributed by atoms with Crippen LogP contribution in [0.3, 0.4) is 0 Å². The third-order valence-electron chi connectivity index (χ3n) is 3.05. The third kappa shape index (κ3) is 2.89. The Balaban J connectivity index is 2.22. The zero-order chi connectivity index (χ0) is 15.7. The minimum Gasteiger partial charge on any atom is -0.296 e. The summed E-state index contributed by atoms with van der Waals surface area (Å²) in [4.78, 5) is 19.8. The molecule has 3 nitrogen and oxygen atoms in total. The normalized spacial score (nSPS) is 12.0. The van der Waals surface area contributed by atoms with Crippen molar-refractivity contribution in [3.8, 4) is 0 Å². The van der Waals surface area contributed by atoms with Crippen LogP contribution in [0.25, 0.3) is 21.8 Å². The standard InChI is InChI=1S/C15H9F3N2OS/c16-15(17,18)8-22-12-6-10(7-21)20-14-11(12)4-3-9-2-1-5-19-13(9)14/h1-7H,8H2. The van der Waals surface area contributed by atoms with Gasteiger partial charge in [0.25, 0.3) is 0 Å². The number of thioether (sulfide) groups is 1. The van der Waals surface area contributed by atoms with Crippen LogP contribution >= 0.6 is 11.8 Å². The van der Waals surface area contributed by atoms with Gasteiger partial charge in [0.2, 0.25) is 0 Å². The maximum atomic E-state index is 12.5. The van der Waals surface area contributed by atoms with Gasteiger partial charge in [0.05, 0.1) is 16.8 Å². The van der Waals surface area contributed by atoms with Gasteiger partial charge in [0.15, 0.2) is 6.29 Å². The molecule has 3 rings (SSSR count). The monoisotopic (exact) mass is 322 g/mol. The molecule has 0 aliphatic heterocycles. The van der Waals surface area contributed by atoms with Crippen LogP contribution in [-0.2, 0) is 0 Å². The molecule has 0 N–H and O–H groups in total. The molecule has 2 aromatic heterocycles. The second-order valence-corrected chi connectivity index (χ2v) is 5.62. The SMILES string of the molecule is O=Cc1cc(SCC(F)(F)F)c2ccc3cccnc3c2n1. The smallest absolute Gasteiger partial charge is 0.296 e. The molecule has 0 saturated carbocycles. The van der Waals surface area contributed by atoms with Crippen LogP contribution in [0.5, 0.6) is 0 Å². The highest BCUT2D eigenvalue weighted by molar-refractivity contribution is 7.99. The summed E-state index contributed by atoms with van der Waals surface area (Å²) in [7, 11) is 0. The van der Waals surface area contributed by atoms with E-state index in [1.807, 2.05) is 6.07 Å². The van der Waals surface area contributed by atoms with Crippen LogP contribution in [0.15, 0.2) is 41.4 Å². The molecule has 0 saturated heterocycles. The van der Waals surface area contributed by atoms with Gasteiger partial charge in [-0.2, -0.15) is 13.2 Å². The van der Waals surface area contributed by atoms with Crippen LogP contribution < -0.4 is 0 Å². The predicted octanol–water partition coefficient (Wildman–Crippen LogP) is 4.25. The second-order valence-electron chi connectivity index (χ2n) is 4.60. The topological polar surface area (TPSA) is 42.9 Å². The molecule has 0 radical (unpaired) electrons. The molecule has 2 heterocycles. The van der Waals surface area contributed by atoms with Gasteiger partial charge in [-0.05, 0) is 12.1 Å². The number of carbonyl (C=O) groups excluding carboxylic acids is 1. The predicted molar refractivity (Wildman–Crippen MR) is 79.2 cm³/mol. The Morgan fingerprint density at radius 1 is 1.18 bits per heavy atom. The van der Waals surface area contributed by atoms with Crippen molar-refractivity contribution in [2.24, 2.45) is 0 Å². The summed E-state index contributed by atoms with van der Waals surface area (Å²) in [5.74, 6) is -1.02. The lowest BCUT2D eigenvalue weighted by molar-refractivity contribution is -0.105. The Kier molecular flexibility index (Phi) is 3.74. The molecule has 0 bridgehead atoms. The molecule has 1 aromatic carbocycles. The first kappa shape index (κ1) is 14.8. The summed E-state index contributed by atoms with van der Waals surface area (Å²) in [5, 5.41) is 1.38. The molecule has 0 atom stereocenters. The molecule has 0 fully saturated rings. The number of aldehydes is 1. The van der Waals surface area contributed by atoms with Gasteiger partial charge in [-0.25, -0.2) is 4.98 Å². The minimum atomic E-state index is -4.28. The molecule has 112 valence electrons. The van der Waals surface area contributed by atoms with Crippen molar-refractivity contribution in [3.63, 3.8) is 0 Å². The molecule has 0 aliphatic rings. The molecule has 0 aliphatic carbocycles. The van der Waals surface area contributed by atoms with Gasteiger partial charge in [0.1, 0.15) is 5.69 Å². The summed E-state index contributed by atoms with van der Waals surface area (Å²) < 4.78 is 37.4. The van der Waals surface area contributed by atoms with Gasteiger partial charge in [0, 0.05) is 21.9 Å². The number of fused-ring (bicyclic) bond motifs is 3. The summed E-state index contributed by atoms with van der Waals surface area (Å²) in [6.07, 6.45) is -2.17. The molecular weight excluding hydrogens is 313 g/mol. The van der Waals surface area contributed by atoms with E-state index >= 15 is 0 Å². The average Bonchev–Trinajstić information content (AvgIpc) is 2.51. The highest BCUT2D eigenvalue weighted by atomic mass is 32.2. The number of rotatable bonds is 3. The van der Waals surface area contributed by atoms with Crippen LogP contribution in [-0.4, -0.2) is 28.2 Å². The van der Waals surface area contributed by atoms with E-state index in [0.717, 1.165) is 5.39 Å². The van der Waals surface area contributed by atoms with E-state index in [1.54, 1.807) is 24.4 Å². The summed E-state index contributed by atoms with van der Waals surface area (Å²) in [6, 6.07) is 8.46. The van der Waals surface area contributed by atoms with Crippen molar-refractivity contribution >= 4 is 39.9 Å². The lowest BCUT2D eigenvalue weighted by Crippen LogP contribution is -2.10. The zero-order valence-corrected chi connectivity index (χ0v) is 11.9. The first-order valence-electron chi connectivity index (χ1n) is 6.31. The van der Waals surface area contributed by atoms with E-state index in [-0.39, 0.29) is 5.69 Å². The third-order valence-corrected chi connectivity index (χ3v) is 4.17. The van der Waals surface area contributed by atoms with E-state index in [9.17, 15) is 18.0 Å². The fraction of sp³-hybridized carbons (Fsp3) is 0.133. The lowest BCUT2D eigenvalue weighted by atomic mass is 10.1. The van der Waals surface area contributed by atoms with Crippen molar-refractivity contribution in [2.45, 2.75) is 11.1 Å². The van der Waals surface area contributed by atoms with E-state index in [4.69, 9.17) is 0 Å². The van der Waals surface area contributed by atoms with E-state index in [0.29, 0.717) is 39.4 Å². The highest BCUT2D eigenvalue weighted by Gasteiger charge is 2.27. The maximum absolute atomic E-state index is 12.5. The summed E-state index contributed by atoms with van der Waals surface area (Å²) in [6.45, 7) is 0. The Morgan fingerprint density at radius 2 is 2.00 bits per heavy atom. The average molecular weight is 322 g/mol. The number of pyridine rings is 2. The molecule has 3 aromatic rings. The quantitative estimate of drug-likeness (QED) is 0.411. The highest BCUT2D eigenvalue weighted by Crippen LogP contribution is 2.34. The summed E-state index contributed by atoms with van der Waals surface area (Å²) in [5.41, 5.74) is 1.10. The number of benzene rings is 1. The van der Waals surface area contributed by atoms with Crippen molar-refractivity contribution in [1.82, 2.24) is 9.97 Å². The second kappa shape index (κ2) is 5.57. The first-order chi connectivity index (χ1) is 10.5. The fourth-order valence-corrected chi connectivity index (χ4v) is 3.00. The van der Waals surface area contributed by atoms with Gasteiger partial charge >= 0.3 is 6.18 Å². The number of alkyl halides is 3. The van der Waals surface area contributed by atoms with Crippen LogP contribution in [0.2, 0.25) is 0 Å². The van der Waals surface area contributed by atoms with E-state index < -0.39 is 11.9 Å². The Morgan fingerprint density at radius 3 is 2.73 bits per heavy atom. The number of hydrogen-bond acceptors (Lipinski definition) is 4. The Labute approximate surface area is 127 Å². The van der Waals surface area contributed by atoms with Crippen LogP contribution in [0, 0.1) is 0 Å². The molecular formula is C15H9F3N2OS. The molecule has 0 amide bonds. The Bertz CT molecular complexity index is 864. The van der Waals surface area contributed by atoms with Crippen LogP contribution in [0.1, 0.15) is 10.5 Å². The maximum Gasteiger partial charge on any atom is 0.398 e. The lowest BCUT2D eigenvalue weighted by Gasteiger charge is -2.10. The number of carbonyl (C=O) groups is 1. The molecule has 0 unspecified atom stereocenters. The van der Waals surface area contributed by atoms with Crippen molar-refractivity contribution < 1.29 is 18.0 Å². The van der Waals surface area contributed by atoms with Crippen LogP contribution in [0.4, 0.5) is 13.2 Å². The first-order valence-corrected chi connectivity index (χ1v) is 7.30. The Hall–Kier alpha value is -2.15. The molecule has 0 spiro atoms. The van der Waals surface area contributed by atoms with Gasteiger partial charge in [-0.3, -0.25) is 9.78 Å². The van der Waals surface area contributed by atoms with Gasteiger partial charge in [-0.15, -0.1) is 11.8 Å². The number of hydrogen-bond donors (Lipinski definition) is 0. The zero-order valence-electron chi connectivity index (χ0n) is 11.1. The molecule has 22 heavy (non-hydrogen) atoms. The van der Waals surface area contributed by atoms with E-state index in [2.05, 4.69) is 9.97 Å². The summed E-state index contributed by atoms with van der Waals surface area (Å²) >= 11 is 0.643. The number of nitrogens with zero attached hydrogens (tertiary/aromatic N) is 2. The van der Waals surface area contributed by atoms with Crippen molar-refractivity contribution in [1.29, 1.82) is 0 Å².